The summed E-state index contributed by atoms with van der Waals surface area (Å²) < 4.78 is 72.9. The number of rotatable bonds is 5. The molecule has 1 N–H and O–H groups in total. The quantitative estimate of drug-likeness (QED) is 0.652. The van der Waals surface area contributed by atoms with Crippen LogP contribution in [0.3, 0.4) is 0 Å². The second kappa shape index (κ2) is 8.39. The van der Waals surface area contributed by atoms with Crippen LogP contribution in [0.2, 0.25) is 5.02 Å². The lowest BCUT2D eigenvalue weighted by Crippen LogP contribution is -2.40. The maximum Gasteiger partial charge on any atom is 0.418 e. The summed E-state index contributed by atoms with van der Waals surface area (Å²) in [4.78, 5) is 24.7. The summed E-state index contributed by atoms with van der Waals surface area (Å²) in [5.41, 5.74) is -2.04. The van der Waals surface area contributed by atoms with Crippen LogP contribution >= 0.6 is 11.6 Å². The number of imide groups is 1. The molecule has 0 unspecified atom stereocenters. The van der Waals surface area contributed by atoms with Gasteiger partial charge in [-0.3, -0.25) is 19.2 Å². The molecular formula is C19H16ClF3N2O5S. The van der Waals surface area contributed by atoms with Gasteiger partial charge in [0.25, 0.3) is 10.0 Å². The van der Waals surface area contributed by atoms with Crippen molar-refractivity contribution in [3.63, 3.8) is 0 Å². The van der Waals surface area contributed by atoms with Crippen LogP contribution in [0.5, 0.6) is 5.75 Å². The number of benzene rings is 2. The van der Waals surface area contributed by atoms with E-state index < -0.39 is 44.2 Å². The van der Waals surface area contributed by atoms with Crippen LogP contribution < -0.4 is 14.4 Å². The van der Waals surface area contributed by atoms with E-state index in [1.807, 2.05) is 4.72 Å². The number of halogens is 4. The van der Waals surface area contributed by atoms with Crippen LogP contribution in [0.15, 0.2) is 41.3 Å². The van der Waals surface area contributed by atoms with Crippen molar-refractivity contribution in [3.05, 3.63) is 47.0 Å². The maximum absolute atomic E-state index is 13.3. The number of anilines is 2. The number of alkyl halides is 3. The van der Waals surface area contributed by atoms with Crippen LogP contribution in [0.1, 0.15) is 24.8 Å². The van der Waals surface area contributed by atoms with E-state index in [1.165, 1.54) is 19.2 Å². The van der Waals surface area contributed by atoms with Crippen molar-refractivity contribution in [2.75, 3.05) is 16.7 Å². The first kappa shape index (κ1) is 22.9. The van der Waals surface area contributed by atoms with Crippen molar-refractivity contribution >= 4 is 44.8 Å². The first-order chi connectivity index (χ1) is 14.4. The Hall–Kier alpha value is -2.79. The molecule has 2 aromatic carbocycles. The molecule has 7 nitrogen and oxygen atoms in total. The van der Waals surface area contributed by atoms with Crippen molar-refractivity contribution in [2.45, 2.75) is 30.3 Å². The second-order valence-corrected chi connectivity index (χ2v) is 8.69. The average molecular weight is 477 g/mol. The Morgan fingerprint density at radius 1 is 1.06 bits per heavy atom. The van der Waals surface area contributed by atoms with Gasteiger partial charge in [-0.1, -0.05) is 11.6 Å². The number of ether oxygens (including phenoxy) is 1. The second-order valence-electron chi connectivity index (χ2n) is 6.60. The highest BCUT2D eigenvalue weighted by Crippen LogP contribution is 2.38. The smallest absolute Gasteiger partial charge is 0.418 e. The predicted molar refractivity (Wildman–Crippen MR) is 107 cm³/mol. The molecule has 0 aliphatic carbocycles. The Morgan fingerprint density at radius 2 is 1.71 bits per heavy atom. The lowest BCUT2D eigenvalue weighted by molar-refractivity contribution is -0.137. The number of hydrogen-bond donors (Lipinski definition) is 1. The third-order valence-electron chi connectivity index (χ3n) is 4.51. The van der Waals surface area contributed by atoms with Gasteiger partial charge in [-0.05, 0) is 42.8 Å². The van der Waals surface area contributed by atoms with Gasteiger partial charge in [0.2, 0.25) is 11.8 Å². The van der Waals surface area contributed by atoms with Crippen LogP contribution in [0.25, 0.3) is 0 Å². The SMILES string of the molecule is COc1ccc(N2C(=O)CCCC2=O)cc1S(=O)(=O)Nc1ccc(Cl)cc1C(F)(F)F. The van der Waals surface area contributed by atoms with Gasteiger partial charge in [0, 0.05) is 17.9 Å². The number of sulfonamides is 1. The summed E-state index contributed by atoms with van der Waals surface area (Å²) in [6.45, 7) is 0. The number of nitrogens with zero attached hydrogens (tertiary/aromatic N) is 1. The normalized spacial score (nSPS) is 15.2. The van der Waals surface area contributed by atoms with Crippen LogP contribution in [0, 0.1) is 0 Å². The molecule has 166 valence electrons. The van der Waals surface area contributed by atoms with Crippen LogP contribution in [-0.2, 0) is 25.8 Å². The van der Waals surface area contributed by atoms with Crippen molar-refractivity contribution in [1.29, 1.82) is 0 Å². The highest BCUT2D eigenvalue weighted by Gasteiger charge is 2.36. The third kappa shape index (κ3) is 4.77. The van der Waals surface area contributed by atoms with Gasteiger partial charge in [-0.2, -0.15) is 13.2 Å². The molecule has 1 heterocycles. The first-order valence-electron chi connectivity index (χ1n) is 8.87. The molecule has 0 bridgehead atoms. The summed E-state index contributed by atoms with van der Waals surface area (Å²) in [5.74, 6) is -1.19. The molecule has 3 rings (SSSR count). The highest BCUT2D eigenvalue weighted by atomic mass is 35.5. The van der Waals surface area contributed by atoms with Gasteiger partial charge in [-0.15, -0.1) is 0 Å². The molecule has 0 radical (unpaired) electrons. The van der Waals surface area contributed by atoms with E-state index in [0.29, 0.717) is 12.5 Å². The minimum atomic E-state index is -4.87. The lowest BCUT2D eigenvalue weighted by atomic mass is 10.1. The molecule has 2 amide bonds. The first-order valence-corrected chi connectivity index (χ1v) is 10.7. The molecule has 1 saturated heterocycles. The van der Waals surface area contributed by atoms with E-state index in [-0.39, 0.29) is 29.3 Å². The topological polar surface area (TPSA) is 92.8 Å². The van der Waals surface area contributed by atoms with E-state index in [2.05, 4.69) is 0 Å². The number of hydrogen-bond acceptors (Lipinski definition) is 5. The number of nitrogens with one attached hydrogen (secondary N) is 1. The molecule has 0 spiro atoms. The number of methoxy groups -OCH3 is 1. The summed E-state index contributed by atoms with van der Waals surface area (Å²) in [7, 11) is -3.44. The third-order valence-corrected chi connectivity index (χ3v) is 6.13. The zero-order chi connectivity index (χ0) is 23.0. The highest BCUT2D eigenvalue weighted by molar-refractivity contribution is 7.92. The Balaban J connectivity index is 2.07. The largest absolute Gasteiger partial charge is 0.495 e. The number of piperidine rings is 1. The molecule has 2 aromatic rings. The van der Waals surface area contributed by atoms with Crippen molar-refractivity contribution in [1.82, 2.24) is 0 Å². The fourth-order valence-corrected chi connectivity index (χ4v) is 4.54. The number of amides is 2. The zero-order valence-electron chi connectivity index (χ0n) is 16.0. The molecule has 0 saturated carbocycles. The Bertz CT molecular complexity index is 1140. The molecule has 0 aromatic heterocycles. The van der Waals surface area contributed by atoms with E-state index in [0.717, 1.165) is 23.1 Å². The summed E-state index contributed by atoms with van der Waals surface area (Å²) in [5, 5.41) is -0.225. The van der Waals surface area contributed by atoms with E-state index >= 15 is 0 Å². The minimum absolute atomic E-state index is 0.0250. The van der Waals surface area contributed by atoms with Crippen molar-refractivity contribution in [2.24, 2.45) is 0 Å². The molecule has 12 heteroatoms. The van der Waals surface area contributed by atoms with Gasteiger partial charge in [0.05, 0.1) is 24.0 Å². The summed E-state index contributed by atoms with van der Waals surface area (Å²) in [6, 6.07) is 6.13. The van der Waals surface area contributed by atoms with Crippen LogP contribution in [0.4, 0.5) is 24.5 Å². The molecule has 0 atom stereocenters. The van der Waals surface area contributed by atoms with E-state index in [1.54, 1.807) is 0 Å². The average Bonchev–Trinajstić information content (AvgIpc) is 2.68. The summed E-state index contributed by atoms with van der Waals surface area (Å²) in [6.07, 6.45) is -4.27. The van der Waals surface area contributed by atoms with Crippen molar-refractivity contribution in [3.8, 4) is 5.75 Å². The summed E-state index contributed by atoms with van der Waals surface area (Å²) >= 11 is 5.63. The Morgan fingerprint density at radius 3 is 2.29 bits per heavy atom. The zero-order valence-corrected chi connectivity index (χ0v) is 17.6. The fraction of sp³-hybridized carbons (Fsp3) is 0.263. The van der Waals surface area contributed by atoms with Gasteiger partial charge < -0.3 is 4.74 Å². The predicted octanol–water partition coefficient (Wildman–Crippen LogP) is 4.21. The monoisotopic (exact) mass is 476 g/mol. The number of carbonyl (C=O) groups is 2. The standard InChI is InChI=1S/C19H16ClF3N2O5S/c1-30-15-8-6-12(25-17(26)3-2-4-18(25)27)10-16(15)31(28,29)24-14-7-5-11(20)9-13(14)19(21,22)23/h5-10,24H,2-4H2,1H3. The van der Waals surface area contributed by atoms with Gasteiger partial charge >= 0.3 is 6.18 Å². The number of carbonyl (C=O) groups excluding carboxylic acids is 2. The minimum Gasteiger partial charge on any atom is -0.495 e. The molecule has 1 fully saturated rings. The van der Waals surface area contributed by atoms with E-state index in [9.17, 15) is 31.2 Å². The molecule has 1 aliphatic rings. The van der Waals surface area contributed by atoms with Gasteiger partial charge in [0.1, 0.15) is 10.6 Å². The maximum atomic E-state index is 13.3. The Labute approximate surface area is 180 Å². The van der Waals surface area contributed by atoms with Gasteiger partial charge in [0.15, 0.2) is 0 Å². The molecule has 31 heavy (non-hydrogen) atoms. The lowest BCUT2D eigenvalue weighted by Gasteiger charge is -2.25. The molecular weight excluding hydrogens is 461 g/mol. The van der Waals surface area contributed by atoms with E-state index in [4.69, 9.17) is 16.3 Å². The fourth-order valence-electron chi connectivity index (χ4n) is 3.10. The molecule has 1 aliphatic heterocycles. The van der Waals surface area contributed by atoms with Crippen LogP contribution in [-0.4, -0.2) is 27.3 Å². The Kier molecular flexibility index (Phi) is 6.19. The van der Waals surface area contributed by atoms with Gasteiger partial charge in [-0.25, -0.2) is 8.42 Å². The van der Waals surface area contributed by atoms with Crippen molar-refractivity contribution < 1.29 is 35.9 Å².